The van der Waals surface area contributed by atoms with Gasteiger partial charge >= 0.3 is 5.97 Å². The summed E-state index contributed by atoms with van der Waals surface area (Å²) in [6.45, 7) is 1.59. The molecule has 0 aromatic heterocycles. The Morgan fingerprint density at radius 2 is 2.00 bits per heavy atom. The first-order valence-electron chi connectivity index (χ1n) is 3.71. The topological polar surface area (TPSA) is 71.4 Å². The highest BCUT2D eigenvalue weighted by Crippen LogP contribution is 2.29. The fourth-order valence-corrected chi connectivity index (χ4v) is 3.40. The van der Waals surface area contributed by atoms with Crippen molar-refractivity contribution < 1.29 is 18.3 Å². The van der Waals surface area contributed by atoms with Crippen LogP contribution in [0.3, 0.4) is 0 Å². The zero-order chi connectivity index (χ0) is 11.8. The lowest BCUT2D eigenvalue weighted by Crippen LogP contribution is -2.03. The maximum absolute atomic E-state index is 11.1. The summed E-state index contributed by atoms with van der Waals surface area (Å²) < 4.78 is 22.2. The predicted molar refractivity (Wildman–Crippen MR) is 58.9 cm³/mol. The SMILES string of the molecule is Cc1cc(C(=O)O)c(Br)c(S(=O)(=O)Cl)c1. The van der Waals surface area contributed by atoms with Crippen LogP contribution < -0.4 is 0 Å². The molecule has 1 aromatic carbocycles. The average molecular weight is 314 g/mol. The third-order valence-corrected chi connectivity index (χ3v) is 4.14. The van der Waals surface area contributed by atoms with Crippen LogP contribution in [0.5, 0.6) is 0 Å². The molecule has 0 aliphatic heterocycles. The van der Waals surface area contributed by atoms with Crippen LogP contribution in [0.25, 0.3) is 0 Å². The molecule has 0 saturated carbocycles. The van der Waals surface area contributed by atoms with Gasteiger partial charge in [-0.25, -0.2) is 13.2 Å². The number of aromatic carboxylic acids is 1. The van der Waals surface area contributed by atoms with E-state index in [9.17, 15) is 13.2 Å². The van der Waals surface area contributed by atoms with Crippen molar-refractivity contribution in [2.45, 2.75) is 11.8 Å². The minimum absolute atomic E-state index is 0.0319. The van der Waals surface area contributed by atoms with E-state index < -0.39 is 15.0 Å². The zero-order valence-electron chi connectivity index (χ0n) is 7.49. The number of aryl methyl sites for hydroxylation is 1. The third-order valence-electron chi connectivity index (χ3n) is 1.68. The lowest BCUT2D eigenvalue weighted by molar-refractivity contribution is 0.0695. The summed E-state index contributed by atoms with van der Waals surface area (Å²) in [6.07, 6.45) is 0. The van der Waals surface area contributed by atoms with Crippen LogP contribution in [0, 0.1) is 6.92 Å². The van der Waals surface area contributed by atoms with E-state index in [0.717, 1.165) is 0 Å². The predicted octanol–water partition coefficient (Wildman–Crippen LogP) is 2.38. The van der Waals surface area contributed by atoms with Crippen molar-refractivity contribution in [3.05, 3.63) is 27.7 Å². The molecule has 0 fully saturated rings. The molecule has 4 nitrogen and oxygen atoms in total. The molecule has 15 heavy (non-hydrogen) atoms. The van der Waals surface area contributed by atoms with Gasteiger partial charge in [0.1, 0.15) is 0 Å². The Morgan fingerprint density at radius 3 is 2.40 bits per heavy atom. The summed E-state index contributed by atoms with van der Waals surface area (Å²) in [5, 5.41) is 8.81. The molecule has 0 heterocycles. The van der Waals surface area contributed by atoms with E-state index >= 15 is 0 Å². The van der Waals surface area contributed by atoms with Gasteiger partial charge in [-0.15, -0.1) is 0 Å². The number of hydrogen-bond donors (Lipinski definition) is 1. The Kier molecular flexibility index (Phi) is 3.42. The summed E-state index contributed by atoms with van der Waals surface area (Å²) in [4.78, 5) is 10.6. The molecule has 0 saturated heterocycles. The highest BCUT2D eigenvalue weighted by Gasteiger charge is 2.20. The van der Waals surface area contributed by atoms with Crippen LogP contribution in [-0.2, 0) is 9.05 Å². The van der Waals surface area contributed by atoms with Crippen LogP contribution in [0.2, 0.25) is 0 Å². The van der Waals surface area contributed by atoms with Gasteiger partial charge in [0, 0.05) is 10.7 Å². The molecule has 1 rings (SSSR count). The van der Waals surface area contributed by atoms with Crippen molar-refractivity contribution in [2.24, 2.45) is 0 Å². The number of rotatable bonds is 2. The van der Waals surface area contributed by atoms with Gasteiger partial charge in [-0.1, -0.05) is 0 Å². The highest BCUT2D eigenvalue weighted by molar-refractivity contribution is 9.10. The zero-order valence-corrected chi connectivity index (χ0v) is 10.6. The smallest absolute Gasteiger partial charge is 0.336 e. The number of benzene rings is 1. The Morgan fingerprint density at radius 1 is 1.47 bits per heavy atom. The third kappa shape index (κ3) is 2.70. The Balaban J connectivity index is 3.63. The fourth-order valence-electron chi connectivity index (χ4n) is 1.07. The first kappa shape index (κ1) is 12.5. The van der Waals surface area contributed by atoms with Crippen molar-refractivity contribution in [1.82, 2.24) is 0 Å². The second-order valence-electron chi connectivity index (χ2n) is 2.87. The van der Waals surface area contributed by atoms with Gasteiger partial charge in [-0.3, -0.25) is 0 Å². The number of carbonyl (C=O) groups is 1. The van der Waals surface area contributed by atoms with E-state index in [1.807, 2.05) is 0 Å². The molecule has 0 radical (unpaired) electrons. The van der Waals surface area contributed by atoms with Crippen LogP contribution >= 0.6 is 26.6 Å². The molecule has 1 aromatic rings. The van der Waals surface area contributed by atoms with Gasteiger partial charge in [0.15, 0.2) is 0 Å². The van der Waals surface area contributed by atoms with Crippen molar-refractivity contribution in [2.75, 3.05) is 0 Å². The quantitative estimate of drug-likeness (QED) is 0.851. The second kappa shape index (κ2) is 4.11. The number of halogens is 2. The number of hydrogen-bond acceptors (Lipinski definition) is 3. The van der Waals surface area contributed by atoms with Crippen LogP contribution in [-0.4, -0.2) is 19.5 Å². The summed E-state index contributed by atoms with van der Waals surface area (Å²) in [6, 6.07) is 2.66. The van der Waals surface area contributed by atoms with Crippen molar-refractivity contribution >= 4 is 41.6 Å². The maximum atomic E-state index is 11.1. The highest BCUT2D eigenvalue weighted by atomic mass is 79.9. The molecule has 0 amide bonds. The summed E-state index contributed by atoms with van der Waals surface area (Å²) in [7, 11) is 1.21. The molecular formula is C8H6BrClO4S. The van der Waals surface area contributed by atoms with Crippen molar-refractivity contribution in [3.63, 3.8) is 0 Å². The fraction of sp³-hybridized carbons (Fsp3) is 0.125. The first-order valence-corrected chi connectivity index (χ1v) is 6.82. The summed E-state index contributed by atoms with van der Waals surface area (Å²) in [5.74, 6) is -1.22. The normalized spacial score (nSPS) is 11.4. The molecule has 0 spiro atoms. The molecule has 1 N–H and O–H groups in total. The van der Waals surface area contributed by atoms with Gasteiger partial charge in [-0.2, -0.15) is 0 Å². The van der Waals surface area contributed by atoms with Crippen molar-refractivity contribution in [1.29, 1.82) is 0 Å². The van der Waals surface area contributed by atoms with Crippen LogP contribution in [0.4, 0.5) is 0 Å². The van der Waals surface area contributed by atoms with Gasteiger partial charge in [0.2, 0.25) is 0 Å². The molecule has 0 atom stereocenters. The van der Waals surface area contributed by atoms with Crippen LogP contribution in [0.1, 0.15) is 15.9 Å². The first-order chi connectivity index (χ1) is 6.73. The molecule has 0 bridgehead atoms. The second-order valence-corrected chi connectivity index (χ2v) is 6.19. The Hall–Kier alpha value is -0.590. The minimum atomic E-state index is -3.95. The largest absolute Gasteiger partial charge is 0.478 e. The van der Waals surface area contributed by atoms with Gasteiger partial charge in [0.05, 0.1) is 14.9 Å². The number of carboxylic acids is 1. The van der Waals surface area contributed by atoms with E-state index in [0.29, 0.717) is 5.56 Å². The molecule has 0 aliphatic rings. The molecular weight excluding hydrogens is 308 g/mol. The van der Waals surface area contributed by atoms with Crippen molar-refractivity contribution in [3.8, 4) is 0 Å². The molecule has 82 valence electrons. The average Bonchev–Trinajstić information content (AvgIpc) is 2.06. The lowest BCUT2D eigenvalue weighted by Gasteiger charge is -2.05. The molecule has 0 aliphatic carbocycles. The van der Waals surface area contributed by atoms with Gasteiger partial charge in [-0.05, 0) is 40.5 Å². The molecule has 0 unspecified atom stereocenters. The standard InChI is InChI=1S/C8H6BrClO4S/c1-4-2-5(8(11)12)7(9)6(3-4)15(10,13)14/h2-3H,1H3,(H,11,12). The van der Waals surface area contributed by atoms with E-state index in [-0.39, 0.29) is 14.9 Å². The maximum Gasteiger partial charge on any atom is 0.336 e. The Bertz CT molecular complexity index is 524. The minimum Gasteiger partial charge on any atom is -0.478 e. The van der Waals surface area contributed by atoms with E-state index in [2.05, 4.69) is 15.9 Å². The molecule has 7 heteroatoms. The number of carboxylic acid groups (broad SMARTS) is 1. The Labute approximate surface area is 99.4 Å². The van der Waals surface area contributed by atoms with E-state index in [1.165, 1.54) is 12.1 Å². The summed E-state index contributed by atoms with van der Waals surface area (Å²) >= 11 is 2.91. The monoisotopic (exact) mass is 312 g/mol. The van der Waals surface area contributed by atoms with Gasteiger partial charge < -0.3 is 5.11 Å². The van der Waals surface area contributed by atoms with E-state index in [1.54, 1.807) is 6.92 Å². The van der Waals surface area contributed by atoms with Crippen LogP contribution in [0.15, 0.2) is 21.5 Å². The van der Waals surface area contributed by atoms with Gasteiger partial charge in [0.25, 0.3) is 9.05 Å². The van der Waals surface area contributed by atoms with E-state index in [4.69, 9.17) is 15.8 Å². The lowest BCUT2D eigenvalue weighted by atomic mass is 10.1. The summed E-state index contributed by atoms with van der Waals surface area (Å²) in [5.41, 5.74) is 0.379.